The first-order valence-corrected chi connectivity index (χ1v) is 24.1. The second-order valence-corrected chi connectivity index (χ2v) is 21.9. The van der Waals surface area contributed by atoms with Crippen molar-refractivity contribution in [2.75, 3.05) is 0 Å². The number of rotatable bonds is 3. The van der Waals surface area contributed by atoms with Crippen molar-refractivity contribution in [2.45, 2.75) is 165 Å². The molecule has 0 aromatic heterocycles. The summed E-state index contributed by atoms with van der Waals surface area (Å²) >= 11 is 3.31. The predicted molar refractivity (Wildman–Crippen MR) is 284 cm³/mol. The minimum atomic E-state index is -4.26. The maximum absolute atomic E-state index is 12.6. The molecule has 67 heavy (non-hydrogen) atoms. The Hall–Kier alpha value is -4.55. The third kappa shape index (κ3) is 23.3. The minimum absolute atomic E-state index is 0.119. The van der Waals surface area contributed by atoms with Gasteiger partial charge in [-0.05, 0) is 124 Å². The molecule has 0 amide bonds. The average Bonchev–Trinajstić information content (AvgIpc) is 3.21. The molecule has 0 aliphatic rings. The second-order valence-electron chi connectivity index (χ2n) is 21.1. The van der Waals surface area contributed by atoms with Gasteiger partial charge in [-0.2, -0.15) is 13.2 Å². The SMILES string of the molecule is CC(C)(C)c1ccc(F)cc1.CC(C)(C)c1ccccc1C(F)(F)F.CC(C)c1ccc(F)cc1Br.CC(C)c1ccccc1.Cc1ccc(C(C)(C)C)cc1.Cc1ccc(C(C)C)c(C)c1. The van der Waals surface area contributed by atoms with Crippen molar-refractivity contribution < 1.29 is 22.0 Å². The molecule has 0 atom stereocenters. The second kappa shape index (κ2) is 27.4. The van der Waals surface area contributed by atoms with Crippen molar-refractivity contribution >= 4 is 15.9 Å². The van der Waals surface area contributed by atoms with Crippen molar-refractivity contribution in [1.82, 2.24) is 0 Å². The highest BCUT2D eigenvalue weighted by Gasteiger charge is 2.35. The average molecular weight is 988 g/mol. The van der Waals surface area contributed by atoms with E-state index in [2.05, 4.69) is 187 Å². The van der Waals surface area contributed by atoms with Gasteiger partial charge in [0, 0.05) is 4.47 Å². The molecule has 0 aliphatic carbocycles. The molecule has 0 N–H and O–H groups in total. The third-order valence-electron chi connectivity index (χ3n) is 10.8. The van der Waals surface area contributed by atoms with Crippen LogP contribution in [0.5, 0.6) is 0 Å². The standard InChI is InChI=1S/C11H13F3.2C11H16.C10H13F.C9H10BrF.C9H12/c1-10(2,3)8-6-4-5-7-9(8)11(12,13)14;1-9-5-7-10(8-6-9)11(2,3)4;1-8(2)11-6-5-9(3)7-10(11)4;1-10(2,3)8-4-6-9(11)7-5-8;1-6(2)8-4-3-7(11)5-9(8)10;1-8(2)9-6-4-3-5-7-9/h4-7H,1-3H3;2*5-8H,1-4H3;4-7H,1-3H3;3-6H,1-2H3;3-8H,1-2H3. The summed E-state index contributed by atoms with van der Waals surface area (Å²) in [5.74, 6) is 1.38. The molecule has 0 heterocycles. The number of hydrogen-bond donors (Lipinski definition) is 0. The van der Waals surface area contributed by atoms with Crippen molar-refractivity contribution in [3.63, 3.8) is 0 Å². The van der Waals surface area contributed by atoms with Gasteiger partial charge in [-0.3, -0.25) is 0 Å². The summed E-state index contributed by atoms with van der Waals surface area (Å²) in [4.78, 5) is 0. The van der Waals surface area contributed by atoms with Crippen LogP contribution in [-0.4, -0.2) is 0 Å². The topological polar surface area (TPSA) is 0 Å². The van der Waals surface area contributed by atoms with E-state index >= 15 is 0 Å². The van der Waals surface area contributed by atoms with E-state index in [1.54, 1.807) is 26.8 Å². The van der Waals surface area contributed by atoms with Crippen molar-refractivity contribution in [1.29, 1.82) is 0 Å². The minimum Gasteiger partial charge on any atom is -0.207 e. The zero-order chi connectivity index (χ0) is 51.5. The normalized spacial score (nSPS) is 11.4. The van der Waals surface area contributed by atoms with Crippen LogP contribution in [0.2, 0.25) is 0 Å². The largest absolute Gasteiger partial charge is 0.416 e. The van der Waals surface area contributed by atoms with Crippen LogP contribution in [0.3, 0.4) is 0 Å². The van der Waals surface area contributed by atoms with Crippen LogP contribution in [0, 0.1) is 32.4 Å². The maximum Gasteiger partial charge on any atom is 0.416 e. The molecule has 6 rings (SSSR count). The molecule has 0 saturated carbocycles. The number of alkyl halides is 3. The Bertz CT molecular complexity index is 2160. The van der Waals surface area contributed by atoms with Gasteiger partial charge in [-0.1, -0.05) is 240 Å². The third-order valence-corrected chi connectivity index (χ3v) is 11.5. The molecular weight excluding hydrogens is 908 g/mol. The van der Waals surface area contributed by atoms with Crippen LogP contribution < -0.4 is 0 Å². The lowest BCUT2D eigenvalue weighted by atomic mass is 9.83. The Morgan fingerprint density at radius 1 is 0.403 bits per heavy atom. The Balaban J connectivity index is 0.000000404. The highest BCUT2D eigenvalue weighted by molar-refractivity contribution is 9.10. The molecule has 6 aromatic carbocycles. The number of aryl methyl sites for hydroxylation is 3. The van der Waals surface area contributed by atoms with Crippen LogP contribution in [0.15, 0.2) is 144 Å². The molecule has 6 heteroatoms. The molecule has 0 bridgehead atoms. The zero-order valence-corrected chi connectivity index (χ0v) is 45.4. The van der Waals surface area contributed by atoms with Gasteiger partial charge in [-0.25, -0.2) is 8.78 Å². The van der Waals surface area contributed by atoms with E-state index in [4.69, 9.17) is 0 Å². The van der Waals surface area contributed by atoms with Crippen LogP contribution >= 0.6 is 15.9 Å². The lowest BCUT2D eigenvalue weighted by Gasteiger charge is -2.23. The number of benzene rings is 6. The summed E-state index contributed by atoms with van der Waals surface area (Å²) in [5.41, 5.74) is 10.4. The fourth-order valence-corrected chi connectivity index (χ4v) is 7.48. The fourth-order valence-electron chi connectivity index (χ4n) is 6.67. The summed E-state index contributed by atoms with van der Waals surface area (Å²) in [7, 11) is 0. The van der Waals surface area contributed by atoms with E-state index in [1.807, 2.05) is 24.3 Å². The van der Waals surface area contributed by atoms with E-state index < -0.39 is 17.2 Å². The van der Waals surface area contributed by atoms with Gasteiger partial charge in [0.05, 0.1) is 5.56 Å². The highest BCUT2D eigenvalue weighted by atomic mass is 79.9. The van der Waals surface area contributed by atoms with Gasteiger partial charge in [0.2, 0.25) is 0 Å². The molecule has 6 aromatic rings. The Labute approximate surface area is 412 Å². The molecule has 366 valence electrons. The fraction of sp³-hybridized carbons (Fsp3) is 0.410. The van der Waals surface area contributed by atoms with Gasteiger partial charge >= 0.3 is 6.18 Å². The molecule has 0 radical (unpaired) electrons. The van der Waals surface area contributed by atoms with Crippen LogP contribution in [-0.2, 0) is 22.4 Å². The summed E-state index contributed by atoms with van der Waals surface area (Å²) < 4.78 is 63.6. The highest BCUT2D eigenvalue weighted by Crippen LogP contribution is 2.37. The molecule has 0 saturated heterocycles. The van der Waals surface area contributed by atoms with Gasteiger partial charge in [0.1, 0.15) is 11.6 Å². The first-order valence-electron chi connectivity index (χ1n) is 23.3. The number of hydrogen-bond acceptors (Lipinski definition) is 0. The van der Waals surface area contributed by atoms with Gasteiger partial charge in [0.15, 0.2) is 0 Å². The first kappa shape index (κ1) is 60.5. The van der Waals surface area contributed by atoms with Crippen LogP contribution in [0.1, 0.15) is 177 Å². The molecule has 0 spiro atoms. The Morgan fingerprint density at radius 3 is 1.16 bits per heavy atom. The zero-order valence-electron chi connectivity index (χ0n) is 43.8. The Kier molecular flexibility index (Phi) is 24.8. The summed E-state index contributed by atoms with van der Waals surface area (Å²) in [6.07, 6.45) is -4.26. The molecule has 0 unspecified atom stereocenters. The quantitative estimate of drug-likeness (QED) is 0.155. The van der Waals surface area contributed by atoms with Gasteiger partial charge in [0.25, 0.3) is 0 Å². The van der Waals surface area contributed by atoms with Crippen LogP contribution in [0.25, 0.3) is 0 Å². The molecular formula is C61H80BrF5. The lowest BCUT2D eigenvalue weighted by Crippen LogP contribution is -2.19. The molecule has 0 nitrogen and oxygen atoms in total. The van der Waals surface area contributed by atoms with E-state index in [-0.39, 0.29) is 22.5 Å². The Morgan fingerprint density at radius 2 is 0.806 bits per heavy atom. The van der Waals surface area contributed by atoms with E-state index in [0.717, 1.165) is 16.1 Å². The first-order chi connectivity index (χ1) is 30.7. The van der Waals surface area contributed by atoms with E-state index in [0.29, 0.717) is 23.3 Å². The summed E-state index contributed by atoms with van der Waals surface area (Å²) in [6.45, 7) is 37.8. The van der Waals surface area contributed by atoms with Gasteiger partial charge < -0.3 is 0 Å². The van der Waals surface area contributed by atoms with Gasteiger partial charge in [-0.15, -0.1) is 0 Å². The smallest absolute Gasteiger partial charge is 0.207 e. The van der Waals surface area contributed by atoms with E-state index in [9.17, 15) is 22.0 Å². The monoisotopic (exact) mass is 987 g/mol. The van der Waals surface area contributed by atoms with Crippen LogP contribution in [0.4, 0.5) is 22.0 Å². The lowest BCUT2D eigenvalue weighted by molar-refractivity contribution is -0.138. The summed E-state index contributed by atoms with van der Waals surface area (Å²) in [6, 6.07) is 43.1. The van der Waals surface area contributed by atoms with Crippen molar-refractivity contribution in [3.8, 4) is 0 Å². The maximum atomic E-state index is 12.6. The molecule has 0 fully saturated rings. The van der Waals surface area contributed by atoms with Crippen molar-refractivity contribution in [2.24, 2.45) is 0 Å². The molecule has 0 aliphatic heterocycles. The number of halogens is 6. The van der Waals surface area contributed by atoms with E-state index in [1.165, 1.54) is 75.3 Å². The summed E-state index contributed by atoms with van der Waals surface area (Å²) in [5, 5.41) is 0. The predicted octanol–water partition coefficient (Wildman–Crippen LogP) is 20.4. The van der Waals surface area contributed by atoms with Crippen molar-refractivity contribution in [3.05, 3.63) is 211 Å².